The lowest BCUT2D eigenvalue weighted by atomic mass is 9.93. The molecule has 2 amide bonds. The Morgan fingerprint density at radius 3 is 2.14 bits per heavy atom. The highest BCUT2D eigenvalue weighted by molar-refractivity contribution is 7.09. The Morgan fingerprint density at radius 1 is 0.972 bits per heavy atom. The van der Waals surface area contributed by atoms with Crippen molar-refractivity contribution in [2.24, 2.45) is 11.7 Å². The SMILES string of the molecule is CC(C)[C@H](N)C(=O)N[C@@H](Cc1ccccc1)C[C@H](O)[C@H](Cc1ccccc1)NC(=O)Cc1cncs1. The normalized spacial score (nSPS) is 14.6. The number of benzene rings is 2. The zero-order chi connectivity index (χ0) is 25.9. The van der Waals surface area contributed by atoms with Crippen molar-refractivity contribution in [1.29, 1.82) is 0 Å². The van der Waals surface area contributed by atoms with Crippen LogP contribution in [0, 0.1) is 5.92 Å². The van der Waals surface area contributed by atoms with Crippen LogP contribution in [-0.4, -0.2) is 46.1 Å². The monoisotopic (exact) mass is 508 g/mol. The van der Waals surface area contributed by atoms with E-state index >= 15 is 0 Å². The highest BCUT2D eigenvalue weighted by Crippen LogP contribution is 2.15. The van der Waals surface area contributed by atoms with Gasteiger partial charge >= 0.3 is 0 Å². The van der Waals surface area contributed by atoms with Crippen LogP contribution in [0.2, 0.25) is 0 Å². The fraction of sp³-hybridized carbons (Fsp3) is 0.393. The summed E-state index contributed by atoms with van der Waals surface area (Å²) in [5, 5.41) is 17.4. The van der Waals surface area contributed by atoms with Crippen LogP contribution in [0.25, 0.3) is 0 Å². The van der Waals surface area contributed by atoms with Gasteiger partial charge in [-0.05, 0) is 36.3 Å². The summed E-state index contributed by atoms with van der Waals surface area (Å²) in [6.07, 6.45) is 2.27. The van der Waals surface area contributed by atoms with Crippen LogP contribution in [0.4, 0.5) is 0 Å². The summed E-state index contributed by atoms with van der Waals surface area (Å²) in [6, 6.07) is 18.0. The molecule has 0 fully saturated rings. The van der Waals surface area contributed by atoms with Gasteiger partial charge in [0.05, 0.1) is 30.1 Å². The van der Waals surface area contributed by atoms with Crippen molar-refractivity contribution in [2.75, 3.05) is 0 Å². The number of carbonyl (C=O) groups excluding carboxylic acids is 2. The van der Waals surface area contributed by atoms with Crippen LogP contribution in [0.5, 0.6) is 0 Å². The minimum absolute atomic E-state index is 0.0100. The molecular formula is C28H36N4O3S. The summed E-state index contributed by atoms with van der Waals surface area (Å²) in [5.41, 5.74) is 9.83. The molecule has 5 N–H and O–H groups in total. The van der Waals surface area contributed by atoms with E-state index in [2.05, 4.69) is 15.6 Å². The summed E-state index contributed by atoms with van der Waals surface area (Å²) < 4.78 is 0. The number of hydrogen-bond donors (Lipinski definition) is 4. The van der Waals surface area contributed by atoms with E-state index in [1.807, 2.05) is 74.5 Å². The van der Waals surface area contributed by atoms with Gasteiger partial charge in [0, 0.05) is 17.1 Å². The molecule has 0 bridgehead atoms. The first kappa shape index (κ1) is 27.5. The zero-order valence-electron chi connectivity index (χ0n) is 20.8. The zero-order valence-corrected chi connectivity index (χ0v) is 21.7. The van der Waals surface area contributed by atoms with Gasteiger partial charge in [0.2, 0.25) is 11.8 Å². The van der Waals surface area contributed by atoms with Gasteiger partial charge in [0.25, 0.3) is 0 Å². The van der Waals surface area contributed by atoms with Gasteiger partial charge in [-0.2, -0.15) is 0 Å². The molecule has 2 aromatic carbocycles. The number of aromatic nitrogens is 1. The molecule has 0 aliphatic carbocycles. The average Bonchev–Trinajstić information content (AvgIpc) is 3.37. The number of hydrogen-bond acceptors (Lipinski definition) is 6. The lowest BCUT2D eigenvalue weighted by Gasteiger charge is -2.29. The van der Waals surface area contributed by atoms with Crippen molar-refractivity contribution < 1.29 is 14.7 Å². The second-order valence-corrected chi connectivity index (χ2v) is 10.4. The minimum atomic E-state index is -0.889. The summed E-state index contributed by atoms with van der Waals surface area (Å²) in [5.74, 6) is -0.430. The fourth-order valence-electron chi connectivity index (χ4n) is 4.04. The Morgan fingerprint density at radius 2 is 1.58 bits per heavy atom. The molecule has 3 rings (SSSR count). The van der Waals surface area contributed by atoms with E-state index in [1.165, 1.54) is 11.3 Å². The molecule has 4 atom stereocenters. The number of nitrogens with one attached hydrogen (secondary N) is 2. The van der Waals surface area contributed by atoms with Crippen LogP contribution in [0.1, 0.15) is 36.3 Å². The average molecular weight is 509 g/mol. The summed E-state index contributed by atoms with van der Waals surface area (Å²) in [7, 11) is 0. The molecule has 8 heteroatoms. The summed E-state index contributed by atoms with van der Waals surface area (Å²) in [4.78, 5) is 30.5. The highest BCUT2D eigenvalue weighted by Gasteiger charge is 2.28. The molecule has 36 heavy (non-hydrogen) atoms. The number of rotatable bonds is 13. The van der Waals surface area contributed by atoms with Gasteiger partial charge in [0.1, 0.15) is 0 Å². The number of thiazole rings is 1. The molecule has 0 radical (unpaired) electrons. The van der Waals surface area contributed by atoms with Crippen molar-refractivity contribution in [2.45, 2.75) is 63.8 Å². The van der Waals surface area contributed by atoms with Crippen LogP contribution in [0.15, 0.2) is 72.4 Å². The standard InChI is InChI=1S/C28H36N4O3S/c1-19(2)27(29)28(35)31-22(13-20-9-5-3-6-10-20)15-25(33)24(14-21-11-7-4-8-12-21)32-26(34)16-23-17-30-18-36-23/h3-12,17-19,22,24-25,27,33H,13-16,29H2,1-2H3,(H,31,35)(H,32,34)/t22-,24-,25-,27-/m0/s1. The second-order valence-electron chi connectivity index (χ2n) is 9.48. The maximum absolute atomic E-state index is 12.8. The first-order valence-electron chi connectivity index (χ1n) is 12.3. The first-order valence-corrected chi connectivity index (χ1v) is 13.2. The number of nitrogens with zero attached hydrogens (tertiary/aromatic N) is 1. The third-order valence-electron chi connectivity index (χ3n) is 6.15. The Labute approximate surface area is 217 Å². The van der Waals surface area contributed by atoms with Gasteiger partial charge in [-0.15, -0.1) is 11.3 Å². The molecule has 0 aliphatic rings. The fourth-order valence-corrected chi connectivity index (χ4v) is 4.64. The van der Waals surface area contributed by atoms with E-state index in [0.717, 1.165) is 16.0 Å². The number of aliphatic hydroxyl groups excluding tert-OH is 1. The number of amides is 2. The van der Waals surface area contributed by atoms with Gasteiger partial charge < -0.3 is 21.5 Å². The van der Waals surface area contributed by atoms with Crippen molar-refractivity contribution in [3.63, 3.8) is 0 Å². The third-order valence-corrected chi connectivity index (χ3v) is 6.93. The Kier molecular flexibility index (Phi) is 10.6. The molecule has 1 aromatic heterocycles. The Hall–Kier alpha value is -3.07. The van der Waals surface area contributed by atoms with Crippen molar-refractivity contribution in [3.8, 4) is 0 Å². The quantitative estimate of drug-likeness (QED) is 0.283. The van der Waals surface area contributed by atoms with Gasteiger partial charge in [-0.3, -0.25) is 14.6 Å². The summed E-state index contributed by atoms with van der Waals surface area (Å²) >= 11 is 1.42. The van der Waals surface area contributed by atoms with Gasteiger partial charge in [0.15, 0.2) is 0 Å². The number of aliphatic hydroxyl groups is 1. The molecule has 0 saturated carbocycles. The Bertz CT molecular complexity index is 1060. The van der Waals surface area contributed by atoms with E-state index in [9.17, 15) is 14.7 Å². The molecule has 3 aromatic rings. The van der Waals surface area contributed by atoms with Crippen LogP contribution < -0.4 is 16.4 Å². The van der Waals surface area contributed by atoms with Gasteiger partial charge in [-0.1, -0.05) is 74.5 Å². The van der Waals surface area contributed by atoms with Gasteiger partial charge in [-0.25, -0.2) is 0 Å². The molecular weight excluding hydrogens is 472 g/mol. The lowest BCUT2D eigenvalue weighted by Crippen LogP contribution is -2.52. The van der Waals surface area contributed by atoms with Crippen LogP contribution >= 0.6 is 11.3 Å². The molecule has 0 spiro atoms. The maximum atomic E-state index is 12.8. The van der Waals surface area contributed by atoms with Crippen molar-refractivity contribution in [3.05, 3.63) is 88.4 Å². The topological polar surface area (TPSA) is 117 Å². The minimum Gasteiger partial charge on any atom is -0.391 e. The highest BCUT2D eigenvalue weighted by atomic mass is 32.1. The van der Waals surface area contributed by atoms with Crippen molar-refractivity contribution >= 4 is 23.2 Å². The molecule has 192 valence electrons. The smallest absolute Gasteiger partial charge is 0.237 e. The predicted molar refractivity (Wildman–Crippen MR) is 143 cm³/mol. The number of nitrogens with two attached hydrogens (primary N) is 1. The number of carbonyl (C=O) groups is 2. The van der Waals surface area contributed by atoms with Crippen LogP contribution in [0.3, 0.4) is 0 Å². The molecule has 0 aliphatic heterocycles. The Balaban J connectivity index is 1.76. The molecule has 7 nitrogen and oxygen atoms in total. The third kappa shape index (κ3) is 8.86. The maximum Gasteiger partial charge on any atom is 0.237 e. The molecule has 1 heterocycles. The van der Waals surface area contributed by atoms with E-state index < -0.39 is 18.2 Å². The van der Waals surface area contributed by atoms with Crippen molar-refractivity contribution in [1.82, 2.24) is 15.6 Å². The molecule has 0 unspecified atom stereocenters. The van der Waals surface area contributed by atoms with E-state index in [4.69, 9.17) is 5.73 Å². The second kappa shape index (κ2) is 13.9. The first-order chi connectivity index (χ1) is 17.3. The van der Waals surface area contributed by atoms with E-state index in [1.54, 1.807) is 11.7 Å². The lowest BCUT2D eigenvalue weighted by molar-refractivity contribution is -0.125. The predicted octanol–water partition coefficient (Wildman–Crippen LogP) is 2.87. The van der Waals surface area contributed by atoms with Crippen LogP contribution in [-0.2, 0) is 28.9 Å². The largest absolute Gasteiger partial charge is 0.391 e. The summed E-state index contributed by atoms with van der Waals surface area (Å²) in [6.45, 7) is 3.81. The van der Waals surface area contributed by atoms with E-state index in [0.29, 0.717) is 12.8 Å². The molecule has 0 saturated heterocycles. The van der Waals surface area contributed by atoms with E-state index in [-0.39, 0.29) is 36.6 Å².